The molecule has 2 aromatic carbocycles. The minimum absolute atomic E-state index is 0.226. The van der Waals surface area contributed by atoms with Crippen LogP contribution >= 0.6 is 11.6 Å². The van der Waals surface area contributed by atoms with Gasteiger partial charge in [0.15, 0.2) is 0 Å². The van der Waals surface area contributed by atoms with E-state index in [4.69, 9.17) is 11.6 Å². The summed E-state index contributed by atoms with van der Waals surface area (Å²) in [5, 5.41) is 7.52. The first-order valence-corrected chi connectivity index (χ1v) is 7.83. The summed E-state index contributed by atoms with van der Waals surface area (Å²) < 4.78 is 28.3. The number of amides is 1. The minimum atomic E-state index is -0.911. The summed E-state index contributed by atoms with van der Waals surface area (Å²) in [5.41, 5.74) is 2.56. The lowest BCUT2D eigenvalue weighted by Gasteiger charge is -2.08. The first kappa shape index (κ1) is 17.1. The number of carbonyl (C=O) groups excluding carboxylic acids is 1. The molecule has 128 valence electrons. The molecule has 3 aromatic rings. The van der Waals surface area contributed by atoms with Gasteiger partial charge in [0.05, 0.1) is 27.7 Å². The first-order chi connectivity index (χ1) is 11.9. The Morgan fingerprint density at radius 2 is 1.80 bits per heavy atom. The third-order valence-corrected chi connectivity index (χ3v) is 4.30. The van der Waals surface area contributed by atoms with Gasteiger partial charge in [0.25, 0.3) is 5.91 Å². The Balaban J connectivity index is 1.81. The van der Waals surface area contributed by atoms with Crippen molar-refractivity contribution in [1.82, 2.24) is 9.78 Å². The number of aromatic nitrogens is 2. The van der Waals surface area contributed by atoms with E-state index in [9.17, 15) is 13.6 Å². The summed E-state index contributed by atoms with van der Waals surface area (Å²) >= 11 is 6.14. The van der Waals surface area contributed by atoms with Gasteiger partial charge in [-0.3, -0.25) is 4.79 Å². The highest BCUT2D eigenvalue weighted by Crippen LogP contribution is 2.23. The van der Waals surface area contributed by atoms with E-state index in [1.165, 1.54) is 0 Å². The minimum Gasteiger partial charge on any atom is -0.322 e. The second-order valence-corrected chi connectivity index (χ2v) is 5.90. The molecule has 0 atom stereocenters. The lowest BCUT2D eigenvalue weighted by molar-refractivity contribution is 0.102. The average Bonchev–Trinajstić information content (AvgIpc) is 2.83. The number of anilines is 1. The van der Waals surface area contributed by atoms with Crippen molar-refractivity contribution < 1.29 is 13.6 Å². The van der Waals surface area contributed by atoms with Gasteiger partial charge in [-0.1, -0.05) is 11.6 Å². The molecule has 7 heteroatoms. The van der Waals surface area contributed by atoms with Crippen LogP contribution in [0.25, 0.3) is 5.69 Å². The van der Waals surface area contributed by atoms with Crippen molar-refractivity contribution in [2.24, 2.45) is 0 Å². The standard InChI is InChI=1S/C18H14ClF2N3O/c1-10-17(19)11(2)24(23-10)14-6-4-13(5-7-14)22-18(25)15-8-3-12(20)9-16(15)21/h3-9H,1-2H3,(H,22,25). The second-order valence-electron chi connectivity index (χ2n) is 5.52. The molecule has 0 fully saturated rings. The van der Waals surface area contributed by atoms with E-state index in [2.05, 4.69) is 10.4 Å². The zero-order chi connectivity index (χ0) is 18.1. The number of aryl methyl sites for hydroxylation is 1. The van der Waals surface area contributed by atoms with Gasteiger partial charge in [-0.25, -0.2) is 13.5 Å². The molecular weight excluding hydrogens is 348 g/mol. The Hall–Kier alpha value is -2.73. The van der Waals surface area contributed by atoms with E-state index in [1.807, 2.05) is 13.8 Å². The maximum absolute atomic E-state index is 13.6. The van der Waals surface area contributed by atoms with E-state index in [0.29, 0.717) is 16.8 Å². The van der Waals surface area contributed by atoms with Crippen LogP contribution in [-0.2, 0) is 0 Å². The van der Waals surface area contributed by atoms with Gasteiger partial charge >= 0.3 is 0 Å². The van der Waals surface area contributed by atoms with Gasteiger partial charge in [-0.2, -0.15) is 5.10 Å². The molecule has 4 nitrogen and oxygen atoms in total. The largest absolute Gasteiger partial charge is 0.322 e. The Labute approximate surface area is 148 Å². The monoisotopic (exact) mass is 361 g/mol. The van der Waals surface area contributed by atoms with Crippen molar-refractivity contribution >= 4 is 23.2 Å². The lowest BCUT2D eigenvalue weighted by atomic mass is 10.2. The van der Waals surface area contributed by atoms with Gasteiger partial charge in [0.2, 0.25) is 0 Å². The van der Waals surface area contributed by atoms with Crippen LogP contribution < -0.4 is 5.32 Å². The normalized spacial score (nSPS) is 10.8. The number of benzene rings is 2. The van der Waals surface area contributed by atoms with Crippen LogP contribution in [0.1, 0.15) is 21.7 Å². The van der Waals surface area contributed by atoms with E-state index in [1.54, 1.807) is 28.9 Å². The molecule has 3 rings (SSSR count). The lowest BCUT2D eigenvalue weighted by Crippen LogP contribution is -2.14. The van der Waals surface area contributed by atoms with E-state index >= 15 is 0 Å². The van der Waals surface area contributed by atoms with Crippen LogP contribution in [0, 0.1) is 25.5 Å². The number of hydrogen-bond acceptors (Lipinski definition) is 2. The topological polar surface area (TPSA) is 46.9 Å². The highest BCUT2D eigenvalue weighted by Gasteiger charge is 2.14. The predicted octanol–water partition coefficient (Wildman–Crippen LogP) is 4.67. The average molecular weight is 362 g/mol. The summed E-state index contributed by atoms with van der Waals surface area (Å²) in [4.78, 5) is 12.1. The second kappa shape index (κ2) is 6.64. The number of nitrogens with zero attached hydrogens (tertiary/aromatic N) is 2. The molecule has 1 N–H and O–H groups in total. The molecule has 0 bridgehead atoms. The molecule has 1 heterocycles. The molecule has 1 amide bonds. The summed E-state index contributed by atoms with van der Waals surface area (Å²) in [6, 6.07) is 9.65. The number of nitrogens with one attached hydrogen (secondary N) is 1. The Morgan fingerprint density at radius 3 is 2.36 bits per heavy atom. The number of carbonyl (C=O) groups is 1. The van der Waals surface area contributed by atoms with E-state index in [0.717, 1.165) is 29.2 Å². The molecule has 0 aliphatic heterocycles. The maximum atomic E-state index is 13.6. The van der Waals surface area contributed by atoms with E-state index < -0.39 is 17.5 Å². The molecule has 25 heavy (non-hydrogen) atoms. The van der Waals surface area contributed by atoms with Crippen LogP contribution in [-0.4, -0.2) is 15.7 Å². The molecule has 0 saturated heterocycles. The quantitative estimate of drug-likeness (QED) is 0.736. The fourth-order valence-corrected chi connectivity index (χ4v) is 2.55. The van der Waals surface area contributed by atoms with Gasteiger partial charge in [0, 0.05) is 11.8 Å². The third-order valence-electron chi connectivity index (χ3n) is 3.75. The van der Waals surface area contributed by atoms with Gasteiger partial charge in [-0.05, 0) is 50.2 Å². The summed E-state index contributed by atoms with van der Waals surface area (Å²) in [6.07, 6.45) is 0. The zero-order valence-electron chi connectivity index (χ0n) is 13.5. The van der Waals surface area contributed by atoms with E-state index in [-0.39, 0.29) is 5.56 Å². The molecular formula is C18H14ClF2N3O. The molecule has 0 spiro atoms. The maximum Gasteiger partial charge on any atom is 0.258 e. The smallest absolute Gasteiger partial charge is 0.258 e. The van der Waals surface area contributed by atoms with Crippen molar-refractivity contribution in [2.75, 3.05) is 5.32 Å². The fraction of sp³-hybridized carbons (Fsp3) is 0.111. The number of halogens is 3. The number of hydrogen-bond donors (Lipinski definition) is 1. The molecule has 1 aromatic heterocycles. The van der Waals surface area contributed by atoms with Crippen LogP contribution in [0.4, 0.5) is 14.5 Å². The van der Waals surface area contributed by atoms with Crippen LogP contribution in [0.2, 0.25) is 5.02 Å². The van der Waals surface area contributed by atoms with Crippen molar-refractivity contribution in [3.05, 3.63) is 76.1 Å². The predicted molar refractivity (Wildman–Crippen MR) is 92.4 cm³/mol. The van der Waals surface area contributed by atoms with Crippen LogP contribution in [0.5, 0.6) is 0 Å². The van der Waals surface area contributed by atoms with Crippen molar-refractivity contribution in [3.63, 3.8) is 0 Å². The molecule has 0 radical (unpaired) electrons. The van der Waals surface area contributed by atoms with Gasteiger partial charge in [0.1, 0.15) is 11.6 Å². The highest BCUT2D eigenvalue weighted by molar-refractivity contribution is 6.31. The first-order valence-electron chi connectivity index (χ1n) is 7.45. The van der Waals surface area contributed by atoms with Crippen LogP contribution in [0.15, 0.2) is 42.5 Å². The molecule has 0 unspecified atom stereocenters. The van der Waals surface area contributed by atoms with Crippen molar-refractivity contribution in [1.29, 1.82) is 0 Å². The third kappa shape index (κ3) is 3.39. The number of rotatable bonds is 3. The molecule has 0 aliphatic carbocycles. The summed E-state index contributed by atoms with van der Waals surface area (Å²) in [5.74, 6) is -2.30. The Kier molecular flexibility index (Phi) is 4.55. The Morgan fingerprint density at radius 1 is 1.12 bits per heavy atom. The zero-order valence-corrected chi connectivity index (χ0v) is 14.2. The SMILES string of the molecule is Cc1nn(-c2ccc(NC(=O)c3ccc(F)cc3F)cc2)c(C)c1Cl. The van der Waals surface area contributed by atoms with Crippen LogP contribution in [0.3, 0.4) is 0 Å². The molecule has 0 saturated carbocycles. The van der Waals surface area contributed by atoms with Gasteiger partial charge in [-0.15, -0.1) is 0 Å². The van der Waals surface area contributed by atoms with Gasteiger partial charge < -0.3 is 5.32 Å². The Bertz CT molecular complexity index is 952. The van der Waals surface area contributed by atoms with Crippen molar-refractivity contribution in [2.45, 2.75) is 13.8 Å². The highest BCUT2D eigenvalue weighted by atomic mass is 35.5. The summed E-state index contributed by atoms with van der Waals surface area (Å²) in [6.45, 7) is 3.67. The fourth-order valence-electron chi connectivity index (χ4n) is 2.43. The molecule has 0 aliphatic rings. The van der Waals surface area contributed by atoms with Crippen molar-refractivity contribution in [3.8, 4) is 5.69 Å². The summed E-state index contributed by atoms with van der Waals surface area (Å²) in [7, 11) is 0.